The molecule has 0 unspecified atom stereocenters. The highest BCUT2D eigenvalue weighted by Gasteiger charge is 2.40. The van der Waals surface area contributed by atoms with Gasteiger partial charge in [-0.1, -0.05) is 44.2 Å². The van der Waals surface area contributed by atoms with Crippen molar-refractivity contribution in [3.05, 3.63) is 64.2 Å². The third kappa shape index (κ3) is 5.21. The monoisotopic (exact) mass is 464 g/mol. The van der Waals surface area contributed by atoms with E-state index in [1.165, 1.54) is 68.1 Å². The number of rotatable bonds is 7. The molecule has 0 radical (unpaired) electrons. The molecule has 2 saturated carbocycles. The Hall–Kier alpha value is -1.84. The van der Waals surface area contributed by atoms with Gasteiger partial charge in [0.05, 0.1) is 20.3 Å². The van der Waals surface area contributed by atoms with E-state index in [-0.39, 0.29) is 13.2 Å². The molecule has 0 atom stereocenters. The van der Waals surface area contributed by atoms with E-state index in [9.17, 15) is 10.2 Å². The van der Waals surface area contributed by atoms with Crippen molar-refractivity contribution in [2.45, 2.75) is 97.2 Å². The van der Waals surface area contributed by atoms with Gasteiger partial charge < -0.3 is 14.9 Å². The highest BCUT2D eigenvalue weighted by molar-refractivity contribution is 5.38. The second kappa shape index (κ2) is 10.8. The van der Waals surface area contributed by atoms with Gasteiger partial charge in [-0.2, -0.15) is 0 Å². The summed E-state index contributed by atoms with van der Waals surface area (Å²) in [7, 11) is 1.77. The summed E-state index contributed by atoms with van der Waals surface area (Å²) in [6, 6.07) is 13.1. The zero-order valence-electron chi connectivity index (χ0n) is 21.6. The van der Waals surface area contributed by atoms with Crippen LogP contribution in [0, 0.1) is 24.2 Å². The summed E-state index contributed by atoms with van der Waals surface area (Å²) in [6.07, 6.45) is 10.3. The lowest BCUT2D eigenvalue weighted by Gasteiger charge is -2.47. The van der Waals surface area contributed by atoms with Crippen LogP contribution in [0.3, 0.4) is 0 Å². The molecule has 3 nitrogen and oxygen atoms in total. The van der Waals surface area contributed by atoms with Crippen LogP contribution in [0.1, 0.15) is 105 Å². The zero-order chi connectivity index (χ0) is 24.3. The second-order valence-electron chi connectivity index (χ2n) is 11.5. The van der Waals surface area contributed by atoms with Crippen molar-refractivity contribution in [3.8, 4) is 5.75 Å². The van der Waals surface area contributed by atoms with E-state index >= 15 is 0 Å². The average molecular weight is 465 g/mol. The fraction of sp³-hybridized carbons (Fsp3) is 0.613. The number of benzene rings is 2. The summed E-state index contributed by atoms with van der Waals surface area (Å²) in [5.41, 5.74) is 6.12. The van der Waals surface area contributed by atoms with Gasteiger partial charge in [0.15, 0.2) is 0 Å². The second-order valence-corrected chi connectivity index (χ2v) is 11.5. The maximum Gasteiger partial charge on any atom is 0.122 e. The maximum atomic E-state index is 9.68. The molecule has 0 heterocycles. The molecule has 2 N–H and O–H groups in total. The smallest absolute Gasteiger partial charge is 0.122 e. The maximum absolute atomic E-state index is 9.68. The van der Waals surface area contributed by atoms with E-state index in [1.807, 2.05) is 6.07 Å². The molecule has 4 rings (SSSR count). The van der Waals surface area contributed by atoms with Gasteiger partial charge in [-0.3, -0.25) is 0 Å². The van der Waals surface area contributed by atoms with Crippen molar-refractivity contribution in [1.29, 1.82) is 0 Å². The van der Waals surface area contributed by atoms with E-state index in [0.717, 1.165) is 28.7 Å². The van der Waals surface area contributed by atoms with Gasteiger partial charge in [0, 0.05) is 0 Å². The number of hydrogen-bond acceptors (Lipinski definition) is 3. The van der Waals surface area contributed by atoms with Gasteiger partial charge >= 0.3 is 0 Å². The van der Waals surface area contributed by atoms with Crippen LogP contribution < -0.4 is 4.74 Å². The predicted molar refractivity (Wildman–Crippen MR) is 139 cm³/mol. The van der Waals surface area contributed by atoms with Gasteiger partial charge in [-0.15, -0.1) is 0 Å². The first-order valence-electron chi connectivity index (χ1n) is 13.3. The van der Waals surface area contributed by atoms with Crippen molar-refractivity contribution in [2.24, 2.45) is 17.3 Å². The summed E-state index contributed by atoms with van der Waals surface area (Å²) in [6.45, 7) is 7.20. The molecule has 2 aliphatic carbocycles. The third-order valence-electron chi connectivity index (χ3n) is 9.50. The van der Waals surface area contributed by atoms with Crippen LogP contribution in [0.4, 0.5) is 0 Å². The Balaban J connectivity index is 1.34. The Bertz CT molecular complexity index is 947. The summed E-state index contributed by atoms with van der Waals surface area (Å²) in [5.74, 6) is 3.87. The van der Waals surface area contributed by atoms with E-state index in [1.54, 1.807) is 7.11 Å². The molecule has 34 heavy (non-hydrogen) atoms. The topological polar surface area (TPSA) is 49.7 Å². The molecule has 0 spiro atoms. The molecular weight excluding hydrogens is 420 g/mol. The van der Waals surface area contributed by atoms with Gasteiger partial charge in [0.1, 0.15) is 5.75 Å². The Morgan fingerprint density at radius 3 is 1.74 bits per heavy atom. The Kier molecular flexibility index (Phi) is 8.05. The summed E-state index contributed by atoms with van der Waals surface area (Å²) >= 11 is 0. The standard InChI is InChI=1S/C31H44O3/c1-21-5-6-25(18-30(21)34-4)23-11-15-29(16-12-23)31(2,3)28-13-9-22(10-14-28)24-7-8-26(19-32)27(17-24)20-33/h5-8,17-18,22-23,28-29,32-33H,9-16,19-20H2,1-4H3. The van der Waals surface area contributed by atoms with E-state index in [2.05, 4.69) is 51.1 Å². The molecule has 2 aliphatic rings. The molecular formula is C31H44O3. The highest BCUT2D eigenvalue weighted by Crippen LogP contribution is 2.52. The minimum Gasteiger partial charge on any atom is -0.496 e. The lowest BCUT2D eigenvalue weighted by Crippen LogP contribution is -2.36. The van der Waals surface area contributed by atoms with Crippen LogP contribution in [0.25, 0.3) is 0 Å². The van der Waals surface area contributed by atoms with Crippen molar-refractivity contribution in [3.63, 3.8) is 0 Å². The lowest BCUT2D eigenvalue weighted by molar-refractivity contribution is 0.0513. The molecule has 0 amide bonds. The van der Waals surface area contributed by atoms with Gasteiger partial charge in [-0.05, 0) is 121 Å². The van der Waals surface area contributed by atoms with Crippen LogP contribution in [0.2, 0.25) is 0 Å². The van der Waals surface area contributed by atoms with Crippen LogP contribution in [-0.4, -0.2) is 17.3 Å². The summed E-state index contributed by atoms with van der Waals surface area (Å²) in [4.78, 5) is 0. The minimum absolute atomic E-state index is 0.00317. The normalized spacial score (nSPS) is 25.8. The molecule has 186 valence electrons. The quantitative estimate of drug-likeness (QED) is 0.453. The first kappa shape index (κ1) is 25.3. The molecule has 0 aromatic heterocycles. The van der Waals surface area contributed by atoms with E-state index in [4.69, 9.17) is 4.74 Å². The molecule has 2 aromatic carbocycles. The molecule has 0 saturated heterocycles. The Morgan fingerprint density at radius 2 is 1.24 bits per heavy atom. The molecule has 0 aliphatic heterocycles. The Labute approximate surface area is 206 Å². The number of methoxy groups -OCH3 is 1. The number of hydrogen-bond donors (Lipinski definition) is 2. The number of aliphatic hydroxyl groups is 2. The molecule has 0 bridgehead atoms. The lowest BCUT2D eigenvalue weighted by atomic mass is 9.58. The first-order valence-corrected chi connectivity index (χ1v) is 13.3. The van der Waals surface area contributed by atoms with E-state index < -0.39 is 0 Å². The molecule has 2 aromatic rings. The van der Waals surface area contributed by atoms with Crippen LogP contribution >= 0.6 is 0 Å². The SMILES string of the molecule is COc1cc(C2CCC(C(C)(C)C3CCC(c4ccc(CO)c(CO)c4)CC3)CC2)ccc1C. The van der Waals surface area contributed by atoms with E-state index in [0.29, 0.717) is 17.3 Å². The first-order chi connectivity index (χ1) is 16.4. The van der Waals surface area contributed by atoms with Crippen LogP contribution in [0.5, 0.6) is 5.75 Å². The largest absolute Gasteiger partial charge is 0.496 e. The van der Waals surface area contributed by atoms with Crippen molar-refractivity contribution in [2.75, 3.05) is 7.11 Å². The molecule has 2 fully saturated rings. The van der Waals surface area contributed by atoms with Crippen LogP contribution in [-0.2, 0) is 13.2 Å². The highest BCUT2D eigenvalue weighted by atomic mass is 16.5. The number of ether oxygens (including phenoxy) is 1. The fourth-order valence-corrected chi connectivity index (χ4v) is 6.97. The number of aliphatic hydroxyl groups excluding tert-OH is 2. The van der Waals surface area contributed by atoms with Gasteiger partial charge in [0.2, 0.25) is 0 Å². The Morgan fingerprint density at radius 1 is 0.735 bits per heavy atom. The van der Waals surface area contributed by atoms with Crippen molar-refractivity contribution >= 4 is 0 Å². The average Bonchev–Trinajstić information content (AvgIpc) is 2.88. The van der Waals surface area contributed by atoms with Crippen LogP contribution in [0.15, 0.2) is 36.4 Å². The zero-order valence-corrected chi connectivity index (χ0v) is 21.6. The van der Waals surface area contributed by atoms with Gasteiger partial charge in [0.25, 0.3) is 0 Å². The predicted octanol–water partition coefficient (Wildman–Crippen LogP) is 7.26. The minimum atomic E-state index is -0.00317. The number of aryl methyl sites for hydroxylation is 1. The molecule has 3 heteroatoms. The van der Waals surface area contributed by atoms with Crippen molar-refractivity contribution in [1.82, 2.24) is 0 Å². The van der Waals surface area contributed by atoms with Gasteiger partial charge in [-0.25, -0.2) is 0 Å². The summed E-state index contributed by atoms with van der Waals surface area (Å²) in [5, 5.41) is 19.2. The summed E-state index contributed by atoms with van der Waals surface area (Å²) < 4.78 is 5.57. The van der Waals surface area contributed by atoms with Crippen molar-refractivity contribution < 1.29 is 14.9 Å². The third-order valence-corrected chi connectivity index (χ3v) is 9.50. The fourth-order valence-electron chi connectivity index (χ4n) is 6.97.